The molecule has 0 radical (unpaired) electrons. The molecule has 0 bridgehead atoms. The Morgan fingerprint density at radius 3 is 2.39 bits per heavy atom. The molecule has 0 saturated carbocycles. The molecule has 3 aromatic rings. The van der Waals surface area contributed by atoms with Crippen molar-refractivity contribution < 1.29 is 13.5 Å². The van der Waals surface area contributed by atoms with Gasteiger partial charge in [-0.1, -0.05) is 41.9 Å². The fourth-order valence-electron chi connectivity index (χ4n) is 2.70. The highest BCUT2D eigenvalue weighted by Gasteiger charge is 2.07. The minimum absolute atomic E-state index is 0. The molecule has 0 aliphatic rings. The van der Waals surface area contributed by atoms with Crippen molar-refractivity contribution in [3.05, 3.63) is 100 Å². The minimum Gasteiger partial charge on any atom is -0.488 e. The zero-order chi connectivity index (χ0) is 19.1. The Morgan fingerprint density at radius 2 is 1.64 bits per heavy atom. The van der Waals surface area contributed by atoms with Gasteiger partial charge in [0.15, 0.2) is 0 Å². The van der Waals surface area contributed by atoms with Crippen molar-refractivity contribution in [1.29, 1.82) is 0 Å². The third-order valence-corrected chi connectivity index (χ3v) is 4.42. The molecule has 3 aromatic carbocycles. The summed E-state index contributed by atoms with van der Waals surface area (Å²) in [5.74, 6) is 0.143. The molecule has 1 N–H and O–H groups in total. The Labute approximate surface area is 174 Å². The summed E-state index contributed by atoms with van der Waals surface area (Å²) in [6.45, 7) is 1.44. The molecule has 0 spiro atoms. The Kier molecular flexibility index (Phi) is 8.71. The molecule has 3 rings (SSSR count). The number of nitrogens with one attached hydrogen (secondary N) is 1. The standard InChI is InChI=1S/C22H20ClF2NO.ClH/c23-19-7-10-22(27-15-17-3-1-2-4-21(17)25)18(13-19)14-26-12-11-16-5-8-20(24)9-6-16;/h1-10,13,26H,11-12,14-15H2;1H. The van der Waals surface area contributed by atoms with Crippen molar-refractivity contribution >= 4 is 24.0 Å². The molecule has 0 atom stereocenters. The summed E-state index contributed by atoms with van der Waals surface area (Å²) in [6, 6.07) is 18.4. The first kappa shape index (κ1) is 22.2. The predicted octanol–water partition coefficient (Wildman–Crippen LogP) is 5.95. The average molecular weight is 424 g/mol. The fourth-order valence-corrected chi connectivity index (χ4v) is 2.90. The van der Waals surface area contributed by atoms with E-state index in [0.29, 0.717) is 22.9 Å². The summed E-state index contributed by atoms with van der Waals surface area (Å²) in [6.07, 6.45) is 0.784. The van der Waals surface area contributed by atoms with Gasteiger partial charge in [0.05, 0.1) is 0 Å². The van der Waals surface area contributed by atoms with Crippen LogP contribution in [0.4, 0.5) is 8.78 Å². The summed E-state index contributed by atoms with van der Waals surface area (Å²) < 4.78 is 32.5. The van der Waals surface area contributed by atoms with Gasteiger partial charge in [-0.3, -0.25) is 0 Å². The third-order valence-electron chi connectivity index (χ3n) is 4.18. The molecular formula is C22H21Cl2F2NO. The monoisotopic (exact) mass is 423 g/mol. The lowest BCUT2D eigenvalue weighted by atomic mass is 10.1. The number of rotatable bonds is 8. The van der Waals surface area contributed by atoms with Crippen LogP contribution in [-0.2, 0) is 19.6 Å². The van der Waals surface area contributed by atoms with Gasteiger partial charge in [-0.05, 0) is 54.9 Å². The third kappa shape index (κ3) is 6.48. The first-order valence-electron chi connectivity index (χ1n) is 8.71. The zero-order valence-corrected chi connectivity index (χ0v) is 16.7. The molecule has 6 heteroatoms. The first-order valence-corrected chi connectivity index (χ1v) is 9.09. The molecule has 0 aliphatic carbocycles. The summed E-state index contributed by atoms with van der Waals surface area (Å²) in [4.78, 5) is 0. The first-order chi connectivity index (χ1) is 13.1. The van der Waals surface area contributed by atoms with Gasteiger partial charge < -0.3 is 10.1 Å². The Hall–Kier alpha value is -2.14. The predicted molar refractivity (Wildman–Crippen MR) is 111 cm³/mol. The molecule has 148 valence electrons. The summed E-state index contributed by atoms with van der Waals surface area (Å²) in [7, 11) is 0. The van der Waals surface area contributed by atoms with Crippen LogP contribution in [0.1, 0.15) is 16.7 Å². The van der Waals surface area contributed by atoms with Crippen LogP contribution in [0.15, 0.2) is 66.7 Å². The Balaban J connectivity index is 0.00000280. The maximum Gasteiger partial charge on any atom is 0.129 e. The van der Waals surface area contributed by atoms with Gasteiger partial charge in [0.25, 0.3) is 0 Å². The number of halogens is 4. The van der Waals surface area contributed by atoms with Crippen LogP contribution in [0.25, 0.3) is 0 Å². The molecule has 28 heavy (non-hydrogen) atoms. The molecule has 0 aromatic heterocycles. The molecule has 0 aliphatic heterocycles. The van der Waals surface area contributed by atoms with Crippen LogP contribution in [-0.4, -0.2) is 6.54 Å². The molecule has 0 heterocycles. The maximum atomic E-state index is 13.8. The molecule has 0 amide bonds. The van der Waals surface area contributed by atoms with E-state index >= 15 is 0 Å². The van der Waals surface area contributed by atoms with E-state index in [-0.39, 0.29) is 30.6 Å². The van der Waals surface area contributed by atoms with Crippen LogP contribution in [0, 0.1) is 11.6 Å². The van der Waals surface area contributed by atoms with Crippen LogP contribution >= 0.6 is 24.0 Å². The van der Waals surface area contributed by atoms with Crippen molar-refractivity contribution in [2.45, 2.75) is 19.6 Å². The largest absolute Gasteiger partial charge is 0.488 e. The van der Waals surface area contributed by atoms with Gasteiger partial charge in [0.2, 0.25) is 0 Å². The van der Waals surface area contributed by atoms with Gasteiger partial charge in [-0.2, -0.15) is 0 Å². The second-order valence-electron chi connectivity index (χ2n) is 6.19. The van der Waals surface area contributed by atoms with Crippen molar-refractivity contribution in [3.63, 3.8) is 0 Å². The molecule has 0 saturated heterocycles. The molecule has 0 fully saturated rings. The minimum atomic E-state index is -0.287. The van der Waals surface area contributed by atoms with Crippen LogP contribution in [0.5, 0.6) is 5.75 Å². The highest BCUT2D eigenvalue weighted by atomic mass is 35.5. The lowest BCUT2D eigenvalue weighted by Crippen LogP contribution is -2.17. The number of benzene rings is 3. The van der Waals surface area contributed by atoms with Gasteiger partial charge >= 0.3 is 0 Å². The number of ether oxygens (including phenoxy) is 1. The highest BCUT2D eigenvalue weighted by molar-refractivity contribution is 6.30. The zero-order valence-electron chi connectivity index (χ0n) is 15.1. The van der Waals surface area contributed by atoms with Crippen molar-refractivity contribution in [2.75, 3.05) is 6.54 Å². The molecule has 0 unspecified atom stereocenters. The lowest BCUT2D eigenvalue weighted by Gasteiger charge is -2.13. The average Bonchev–Trinajstić information content (AvgIpc) is 2.67. The van der Waals surface area contributed by atoms with Gasteiger partial charge in [-0.25, -0.2) is 8.78 Å². The Bertz CT molecular complexity index is 888. The van der Waals surface area contributed by atoms with E-state index in [1.807, 2.05) is 6.07 Å². The van der Waals surface area contributed by atoms with Crippen LogP contribution in [0.3, 0.4) is 0 Å². The van der Waals surface area contributed by atoms with E-state index in [0.717, 1.165) is 24.1 Å². The van der Waals surface area contributed by atoms with Crippen molar-refractivity contribution in [2.24, 2.45) is 0 Å². The van der Waals surface area contributed by atoms with E-state index in [1.165, 1.54) is 18.2 Å². The maximum absolute atomic E-state index is 13.8. The van der Waals surface area contributed by atoms with E-state index in [9.17, 15) is 8.78 Å². The van der Waals surface area contributed by atoms with Crippen LogP contribution in [0.2, 0.25) is 5.02 Å². The van der Waals surface area contributed by atoms with E-state index < -0.39 is 0 Å². The van der Waals surface area contributed by atoms with Crippen molar-refractivity contribution in [3.8, 4) is 5.75 Å². The van der Waals surface area contributed by atoms with Crippen molar-refractivity contribution in [1.82, 2.24) is 5.32 Å². The van der Waals surface area contributed by atoms with Gasteiger partial charge in [0.1, 0.15) is 24.0 Å². The quantitative estimate of drug-likeness (QED) is 0.451. The second kappa shape index (κ2) is 11.0. The number of hydrogen-bond donors (Lipinski definition) is 1. The fraction of sp³-hybridized carbons (Fsp3) is 0.182. The highest BCUT2D eigenvalue weighted by Crippen LogP contribution is 2.24. The Morgan fingerprint density at radius 1 is 0.893 bits per heavy atom. The lowest BCUT2D eigenvalue weighted by molar-refractivity contribution is 0.296. The van der Waals surface area contributed by atoms with Crippen LogP contribution < -0.4 is 10.1 Å². The summed E-state index contributed by atoms with van der Waals surface area (Å²) in [5.41, 5.74) is 2.46. The normalized spacial score (nSPS) is 10.4. The van der Waals surface area contributed by atoms with Gasteiger partial charge in [-0.15, -0.1) is 12.4 Å². The number of hydrogen-bond acceptors (Lipinski definition) is 2. The molecular weight excluding hydrogens is 403 g/mol. The summed E-state index contributed by atoms with van der Waals surface area (Å²) in [5, 5.41) is 3.95. The van der Waals surface area contributed by atoms with E-state index in [1.54, 1.807) is 42.5 Å². The molecule has 2 nitrogen and oxygen atoms in total. The topological polar surface area (TPSA) is 21.3 Å². The second-order valence-corrected chi connectivity index (χ2v) is 6.62. The smallest absolute Gasteiger partial charge is 0.129 e. The summed E-state index contributed by atoms with van der Waals surface area (Å²) >= 11 is 6.10. The van der Waals surface area contributed by atoms with E-state index in [4.69, 9.17) is 16.3 Å². The van der Waals surface area contributed by atoms with Gasteiger partial charge in [0, 0.05) is 22.7 Å². The van der Waals surface area contributed by atoms with E-state index in [2.05, 4.69) is 5.32 Å². The SMILES string of the molecule is Cl.Fc1ccc(CCNCc2cc(Cl)ccc2OCc2ccccc2F)cc1.